The monoisotopic (exact) mass is 515 g/mol. The van der Waals surface area contributed by atoms with E-state index in [0.717, 1.165) is 28.7 Å². The van der Waals surface area contributed by atoms with Gasteiger partial charge in [-0.3, -0.25) is 9.69 Å². The molecule has 0 saturated heterocycles. The van der Waals surface area contributed by atoms with Gasteiger partial charge in [-0.2, -0.15) is 0 Å². The maximum atomic E-state index is 13.6. The Morgan fingerprint density at radius 2 is 1.84 bits per heavy atom. The molecule has 0 atom stereocenters. The van der Waals surface area contributed by atoms with Crippen LogP contribution in [0.25, 0.3) is 10.2 Å². The molecule has 0 radical (unpaired) electrons. The molecule has 3 rings (SSSR count). The first-order valence-corrected chi connectivity index (χ1v) is 12.8. The van der Waals surface area contributed by atoms with E-state index in [9.17, 15) is 13.2 Å². The van der Waals surface area contributed by atoms with Crippen molar-refractivity contribution < 1.29 is 13.2 Å². The minimum absolute atomic E-state index is 0. The molecule has 32 heavy (non-hydrogen) atoms. The summed E-state index contributed by atoms with van der Waals surface area (Å²) in [6.07, 6.45) is 0.719. The summed E-state index contributed by atoms with van der Waals surface area (Å²) in [7, 11) is 0.390. The van der Waals surface area contributed by atoms with Crippen molar-refractivity contribution in [2.45, 2.75) is 25.2 Å². The number of anilines is 1. The molecule has 174 valence electrons. The number of thiazole rings is 1. The summed E-state index contributed by atoms with van der Waals surface area (Å²) >= 11 is 7.58. The van der Waals surface area contributed by atoms with E-state index >= 15 is 0 Å². The predicted molar refractivity (Wildman–Crippen MR) is 136 cm³/mol. The first-order chi connectivity index (χ1) is 14.6. The van der Waals surface area contributed by atoms with Crippen LogP contribution in [0, 0.1) is 6.92 Å². The average Bonchev–Trinajstić information content (AvgIpc) is 3.14. The van der Waals surface area contributed by atoms with Crippen LogP contribution >= 0.6 is 35.3 Å². The molecule has 1 amide bonds. The van der Waals surface area contributed by atoms with Crippen LogP contribution < -0.4 is 4.90 Å². The molecule has 0 unspecified atom stereocenters. The van der Waals surface area contributed by atoms with Gasteiger partial charge in [0, 0.05) is 11.6 Å². The number of sulfone groups is 1. The second kappa shape index (κ2) is 10.9. The van der Waals surface area contributed by atoms with Crippen molar-refractivity contribution in [2.75, 3.05) is 37.8 Å². The average molecular weight is 517 g/mol. The van der Waals surface area contributed by atoms with Crippen LogP contribution in [-0.2, 0) is 9.84 Å². The lowest BCUT2D eigenvalue weighted by molar-refractivity contribution is 0.0983. The number of halogens is 2. The number of carbonyl (C=O) groups is 1. The third-order valence-electron chi connectivity index (χ3n) is 4.93. The number of hydrogen-bond donors (Lipinski definition) is 0. The minimum Gasteiger partial charge on any atom is -0.309 e. The van der Waals surface area contributed by atoms with Crippen molar-refractivity contribution in [2.24, 2.45) is 0 Å². The summed E-state index contributed by atoms with van der Waals surface area (Å²) < 4.78 is 26.1. The maximum absolute atomic E-state index is 13.6. The van der Waals surface area contributed by atoms with Gasteiger partial charge in [-0.25, -0.2) is 13.4 Å². The largest absolute Gasteiger partial charge is 0.309 e. The maximum Gasteiger partial charge on any atom is 0.261 e. The highest BCUT2D eigenvalue weighted by molar-refractivity contribution is 7.91. The Kier molecular flexibility index (Phi) is 9.07. The molecule has 6 nitrogen and oxygen atoms in total. The van der Waals surface area contributed by atoms with Crippen molar-refractivity contribution in [1.82, 2.24) is 9.88 Å². The smallest absolute Gasteiger partial charge is 0.261 e. The summed E-state index contributed by atoms with van der Waals surface area (Å²) in [5.41, 5.74) is 1.90. The van der Waals surface area contributed by atoms with E-state index in [4.69, 9.17) is 16.6 Å². The van der Waals surface area contributed by atoms with E-state index in [1.807, 2.05) is 38.1 Å². The Morgan fingerprint density at radius 3 is 2.50 bits per heavy atom. The van der Waals surface area contributed by atoms with Gasteiger partial charge < -0.3 is 4.90 Å². The fourth-order valence-electron chi connectivity index (χ4n) is 3.30. The normalized spacial score (nSPS) is 11.6. The number of aromatic nitrogens is 1. The highest BCUT2D eigenvalue weighted by atomic mass is 35.5. The van der Waals surface area contributed by atoms with Crippen molar-refractivity contribution in [3.05, 3.63) is 52.5 Å². The molecule has 0 bridgehead atoms. The van der Waals surface area contributed by atoms with E-state index < -0.39 is 9.84 Å². The Balaban J connectivity index is 0.00000363. The molecule has 0 aliphatic rings. The highest BCUT2D eigenvalue weighted by Gasteiger charge is 2.27. The fourth-order valence-corrected chi connectivity index (χ4v) is 5.83. The van der Waals surface area contributed by atoms with Gasteiger partial charge in [-0.1, -0.05) is 42.0 Å². The van der Waals surface area contributed by atoms with Crippen LogP contribution in [0.5, 0.6) is 0 Å². The SMILES string of the molecule is CCS(=O)(=O)c1ccccc1C(=O)N(CCCN(C)C)c1nc2c(C)cc(Cl)cc2s1.Cl. The van der Waals surface area contributed by atoms with Gasteiger partial charge in [-0.05, 0) is 63.8 Å². The Bertz CT molecular complexity index is 1210. The molecule has 10 heteroatoms. The van der Waals surface area contributed by atoms with Crippen molar-refractivity contribution in [3.8, 4) is 0 Å². The summed E-state index contributed by atoms with van der Waals surface area (Å²) in [4.78, 5) is 22.0. The summed E-state index contributed by atoms with van der Waals surface area (Å²) in [5, 5.41) is 1.15. The Hall–Kier alpha value is -1.71. The van der Waals surface area contributed by atoms with Crippen LogP contribution in [0.4, 0.5) is 5.13 Å². The zero-order valence-corrected chi connectivity index (χ0v) is 21.7. The molecule has 0 fully saturated rings. The van der Waals surface area contributed by atoms with Gasteiger partial charge in [0.25, 0.3) is 5.91 Å². The first kappa shape index (κ1) is 26.5. The molecular formula is C22H27Cl2N3O3S2. The van der Waals surface area contributed by atoms with E-state index in [2.05, 4.69) is 0 Å². The van der Waals surface area contributed by atoms with E-state index in [1.165, 1.54) is 17.4 Å². The van der Waals surface area contributed by atoms with Gasteiger partial charge >= 0.3 is 0 Å². The van der Waals surface area contributed by atoms with Gasteiger partial charge in [-0.15, -0.1) is 12.4 Å². The molecule has 0 N–H and O–H groups in total. The van der Waals surface area contributed by atoms with Crippen LogP contribution in [-0.4, -0.2) is 57.1 Å². The summed E-state index contributed by atoms with van der Waals surface area (Å²) in [6.45, 7) is 4.71. The standard InChI is InChI=1S/C22H26ClN3O3S2.ClH/c1-5-31(28,29)19-10-7-6-9-17(19)21(27)26(12-8-11-25(3)4)22-24-20-15(2)13-16(23)14-18(20)30-22;/h6-7,9-10,13-14H,5,8,11-12H2,1-4H3;1H. The molecule has 0 aliphatic heterocycles. The number of carbonyl (C=O) groups excluding carboxylic acids is 1. The second-order valence-electron chi connectivity index (χ2n) is 7.58. The third kappa shape index (κ3) is 5.80. The summed E-state index contributed by atoms with van der Waals surface area (Å²) in [5.74, 6) is -0.439. The number of hydrogen-bond acceptors (Lipinski definition) is 6. The van der Waals surface area contributed by atoms with E-state index in [0.29, 0.717) is 16.7 Å². The van der Waals surface area contributed by atoms with E-state index in [-0.39, 0.29) is 34.5 Å². The van der Waals surface area contributed by atoms with Gasteiger partial charge in [0.15, 0.2) is 15.0 Å². The Labute approximate surface area is 204 Å². The number of aryl methyl sites for hydroxylation is 1. The van der Waals surface area contributed by atoms with Gasteiger partial charge in [0.05, 0.1) is 26.4 Å². The highest BCUT2D eigenvalue weighted by Crippen LogP contribution is 2.34. The van der Waals surface area contributed by atoms with E-state index in [1.54, 1.807) is 30.0 Å². The topological polar surface area (TPSA) is 70.6 Å². The minimum atomic E-state index is -3.55. The number of nitrogens with zero attached hydrogens (tertiary/aromatic N) is 3. The Morgan fingerprint density at radius 1 is 1.16 bits per heavy atom. The zero-order chi connectivity index (χ0) is 22.8. The van der Waals surface area contributed by atoms with Crippen LogP contribution in [0.15, 0.2) is 41.3 Å². The zero-order valence-electron chi connectivity index (χ0n) is 18.5. The number of amides is 1. The van der Waals surface area contributed by atoms with Gasteiger partial charge in [0.2, 0.25) is 0 Å². The first-order valence-electron chi connectivity index (χ1n) is 9.99. The molecule has 1 heterocycles. The van der Waals surface area contributed by atoms with Crippen molar-refractivity contribution >= 4 is 66.4 Å². The van der Waals surface area contributed by atoms with Crippen LogP contribution in [0.2, 0.25) is 5.02 Å². The van der Waals surface area contributed by atoms with Crippen molar-refractivity contribution in [1.29, 1.82) is 0 Å². The molecular weight excluding hydrogens is 489 g/mol. The molecule has 0 saturated carbocycles. The van der Waals surface area contributed by atoms with Crippen molar-refractivity contribution in [3.63, 3.8) is 0 Å². The van der Waals surface area contributed by atoms with Gasteiger partial charge in [0.1, 0.15) is 0 Å². The second-order valence-corrected chi connectivity index (χ2v) is 11.3. The fraction of sp³-hybridized carbons (Fsp3) is 0.364. The van der Waals surface area contributed by atoms with Crippen LogP contribution in [0.1, 0.15) is 29.3 Å². The molecule has 1 aromatic heterocycles. The molecule has 2 aromatic carbocycles. The number of fused-ring (bicyclic) bond motifs is 1. The lowest BCUT2D eigenvalue weighted by Gasteiger charge is -2.22. The third-order valence-corrected chi connectivity index (χ3v) is 7.96. The number of rotatable bonds is 8. The lowest BCUT2D eigenvalue weighted by Crippen LogP contribution is -2.34. The summed E-state index contributed by atoms with van der Waals surface area (Å²) in [6, 6.07) is 10.1. The predicted octanol–water partition coefficient (Wildman–Crippen LogP) is 5.07. The quantitative estimate of drug-likeness (QED) is 0.418. The molecule has 0 spiro atoms. The number of benzene rings is 2. The molecule has 3 aromatic rings. The van der Waals surface area contributed by atoms with Crippen LogP contribution in [0.3, 0.4) is 0 Å². The molecule has 0 aliphatic carbocycles. The lowest BCUT2D eigenvalue weighted by atomic mass is 10.2.